The van der Waals surface area contributed by atoms with E-state index in [1.54, 1.807) is 36.7 Å². The van der Waals surface area contributed by atoms with Gasteiger partial charge in [-0.3, -0.25) is 9.78 Å². The molecular weight excluding hydrogens is 332 g/mol. The lowest BCUT2D eigenvalue weighted by Crippen LogP contribution is -2.55. The molecular formula is C20H22N2O4. The topological polar surface area (TPSA) is 88.5 Å². The fourth-order valence-electron chi connectivity index (χ4n) is 3.19. The molecule has 1 aliphatic rings. The molecule has 6 heteroatoms. The third-order valence-corrected chi connectivity index (χ3v) is 4.74. The number of carbonyl (C=O) groups excluding carboxylic acids is 1. The van der Waals surface area contributed by atoms with Crippen LogP contribution < -0.4 is 10.1 Å². The molecule has 1 aromatic heterocycles. The van der Waals surface area contributed by atoms with Crippen LogP contribution in [0.1, 0.15) is 48.0 Å². The van der Waals surface area contributed by atoms with Crippen molar-refractivity contribution >= 4 is 11.9 Å². The number of aromatic nitrogens is 1. The quantitative estimate of drug-likeness (QED) is 0.832. The van der Waals surface area contributed by atoms with Crippen molar-refractivity contribution in [1.29, 1.82) is 0 Å². The minimum Gasteiger partial charge on any atom is -0.489 e. The summed E-state index contributed by atoms with van der Waals surface area (Å²) in [6.07, 6.45) is 6.99. The summed E-state index contributed by atoms with van der Waals surface area (Å²) in [5, 5.41) is 12.3. The average molecular weight is 354 g/mol. The van der Waals surface area contributed by atoms with Crippen LogP contribution in [0.4, 0.5) is 0 Å². The first kappa shape index (κ1) is 17.9. The second-order valence-electron chi connectivity index (χ2n) is 6.57. The molecule has 6 nitrogen and oxygen atoms in total. The second-order valence-corrected chi connectivity index (χ2v) is 6.57. The maximum atomic E-state index is 12.5. The molecule has 136 valence electrons. The van der Waals surface area contributed by atoms with E-state index in [9.17, 15) is 14.7 Å². The number of rotatable bonds is 6. The molecule has 1 aliphatic carbocycles. The van der Waals surface area contributed by atoms with E-state index in [0.717, 1.165) is 24.8 Å². The number of pyridine rings is 1. The number of carboxylic acid groups (broad SMARTS) is 1. The Morgan fingerprint density at radius 1 is 1.04 bits per heavy atom. The lowest BCUT2D eigenvalue weighted by atomic mass is 9.81. The zero-order valence-corrected chi connectivity index (χ0v) is 14.5. The summed E-state index contributed by atoms with van der Waals surface area (Å²) < 4.78 is 5.68. The number of ether oxygens (including phenoxy) is 1. The van der Waals surface area contributed by atoms with Crippen LogP contribution in [0.2, 0.25) is 0 Å². The molecule has 0 unspecified atom stereocenters. The van der Waals surface area contributed by atoms with Gasteiger partial charge in [-0.25, -0.2) is 4.79 Å². The van der Waals surface area contributed by atoms with Gasteiger partial charge in [0.05, 0.1) is 0 Å². The molecule has 1 amide bonds. The molecule has 1 fully saturated rings. The monoisotopic (exact) mass is 354 g/mol. The van der Waals surface area contributed by atoms with Gasteiger partial charge < -0.3 is 15.2 Å². The molecule has 0 atom stereocenters. The lowest BCUT2D eigenvalue weighted by molar-refractivity contribution is -0.145. The molecule has 1 heterocycles. The zero-order chi connectivity index (χ0) is 18.4. The summed E-state index contributed by atoms with van der Waals surface area (Å²) in [5.41, 5.74) is 0.279. The zero-order valence-electron chi connectivity index (χ0n) is 14.5. The maximum Gasteiger partial charge on any atom is 0.329 e. The number of amides is 1. The smallest absolute Gasteiger partial charge is 0.329 e. The highest BCUT2D eigenvalue weighted by Crippen LogP contribution is 2.29. The molecule has 0 aliphatic heterocycles. The number of nitrogens with zero attached hydrogens (tertiary/aromatic N) is 1. The summed E-state index contributed by atoms with van der Waals surface area (Å²) in [4.78, 5) is 28.1. The largest absolute Gasteiger partial charge is 0.489 e. The molecule has 2 aromatic rings. The number of carbonyl (C=O) groups is 2. The molecule has 3 rings (SSSR count). The highest BCUT2D eigenvalue weighted by Gasteiger charge is 2.41. The van der Waals surface area contributed by atoms with Crippen LogP contribution in [0.15, 0.2) is 48.8 Å². The Labute approximate surface area is 152 Å². The van der Waals surface area contributed by atoms with Crippen molar-refractivity contribution in [3.63, 3.8) is 0 Å². The first-order chi connectivity index (χ1) is 12.6. The van der Waals surface area contributed by atoms with E-state index in [2.05, 4.69) is 10.3 Å². The first-order valence-electron chi connectivity index (χ1n) is 8.77. The van der Waals surface area contributed by atoms with Gasteiger partial charge in [-0.15, -0.1) is 0 Å². The second kappa shape index (κ2) is 7.99. The summed E-state index contributed by atoms with van der Waals surface area (Å²) >= 11 is 0. The van der Waals surface area contributed by atoms with Crippen molar-refractivity contribution in [1.82, 2.24) is 10.3 Å². The SMILES string of the molecule is O=C(NC1(C(=O)O)CCCCC1)c1ccc(OCc2ccncc2)cc1. The van der Waals surface area contributed by atoms with Crippen LogP contribution in [0.5, 0.6) is 5.75 Å². The van der Waals surface area contributed by atoms with E-state index in [1.807, 2.05) is 12.1 Å². The van der Waals surface area contributed by atoms with Crippen LogP contribution >= 0.6 is 0 Å². The summed E-state index contributed by atoms with van der Waals surface area (Å²) in [5.74, 6) is -0.679. The third-order valence-electron chi connectivity index (χ3n) is 4.74. The average Bonchev–Trinajstić information content (AvgIpc) is 2.68. The summed E-state index contributed by atoms with van der Waals surface area (Å²) in [6.45, 7) is 0.413. The number of aliphatic carboxylic acids is 1. The molecule has 26 heavy (non-hydrogen) atoms. The molecule has 1 aromatic carbocycles. The number of benzene rings is 1. The van der Waals surface area contributed by atoms with Crippen molar-refractivity contribution in [3.05, 3.63) is 59.9 Å². The Kier molecular flexibility index (Phi) is 5.51. The van der Waals surface area contributed by atoms with Crippen molar-refractivity contribution < 1.29 is 19.4 Å². The number of nitrogens with one attached hydrogen (secondary N) is 1. The van der Waals surface area contributed by atoms with E-state index >= 15 is 0 Å². The van der Waals surface area contributed by atoms with Gasteiger partial charge in [0.15, 0.2) is 0 Å². The first-order valence-corrected chi connectivity index (χ1v) is 8.77. The van der Waals surface area contributed by atoms with E-state index in [1.165, 1.54) is 0 Å². The molecule has 0 radical (unpaired) electrons. The number of carboxylic acids is 1. The predicted molar refractivity (Wildman–Crippen MR) is 95.9 cm³/mol. The van der Waals surface area contributed by atoms with Gasteiger partial charge in [0.1, 0.15) is 17.9 Å². The minimum absolute atomic E-state index is 0.366. The highest BCUT2D eigenvalue weighted by molar-refractivity contribution is 5.98. The molecule has 1 saturated carbocycles. The van der Waals surface area contributed by atoms with E-state index in [-0.39, 0.29) is 5.91 Å². The fourth-order valence-corrected chi connectivity index (χ4v) is 3.19. The van der Waals surface area contributed by atoms with E-state index in [4.69, 9.17) is 4.74 Å². The van der Waals surface area contributed by atoms with Gasteiger partial charge in [0.25, 0.3) is 5.91 Å². The van der Waals surface area contributed by atoms with Crippen LogP contribution in [0.3, 0.4) is 0 Å². The van der Waals surface area contributed by atoms with Gasteiger partial charge in [0.2, 0.25) is 0 Å². The Bertz CT molecular complexity index is 753. The van der Waals surface area contributed by atoms with Gasteiger partial charge >= 0.3 is 5.97 Å². The van der Waals surface area contributed by atoms with Crippen molar-refractivity contribution in [2.24, 2.45) is 0 Å². The highest BCUT2D eigenvalue weighted by atomic mass is 16.5. The van der Waals surface area contributed by atoms with Gasteiger partial charge in [-0.1, -0.05) is 19.3 Å². The summed E-state index contributed by atoms with van der Waals surface area (Å²) in [6, 6.07) is 10.5. The van der Waals surface area contributed by atoms with Gasteiger partial charge in [0, 0.05) is 18.0 Å². The maximum absolute atomic E-state index is 12.5. The number of hydrogen-bond donors (Lipinski definition) is 2. The lowest BCUT2D eigenvalue weighted by Gasteiger charge is -2.34. The fraction of sp³-hybridized carbons (Fsp3) is 0.350. The van der Waals surface area contributed by atoms with E-state index in [0.29, 0.717) is 30.8 Å². The van der Waals surface area contributed by atoms with Crippen LogP contribution in [0.25, 0.3) is 0 Å². The molecule has 0 spiro atoms. The minimum atomic E-state index is -1.15. The Morgan fingerprint density at radius 3 is 2.31 bits per heavy atom. The van der Waals surface area contributed by atoms with Gasteiger partial charge in [-0.05, 0) is 54.8 Å². The standard InChI is InChI=1S/C20H22N2O4/c23-18(22-20(19(24)25)10-2-1-3-11-20)16-4-6-17(7-5-16)26-14-15-8-12-21-13-9-15/h4-9,12-13H,1-3,10-11,14H2,(H,22,23)(H,24,25). The van der Waals surface area contributed by atoms with Crippen LogP contribution in [-0.4, -0.2) is 27.5 Å². The van der Waals surface area contributed by atoms with Crippen molar-refractivity contribution in [3.8, 4) is 5.75 Å². The van der Waals surface area contributed by atoms with Crippen molar-refractivity contribution in [2.75, 3.05) is 0 Å². The Balaban J connectivity index is 1.62. The third kappa shape index (κ3) is 4.20. The molecule has 0 bridgehead atoms. The van der Waals surface area contributed by atoms with Crippen LogP contribution in [-0.2, 0) is 11.4 Å². The number of hydrogen-bond acceptors (Lipinski definition) is 4. The molecule has 2 N–H and O–H groups in total. The van der Waals surface area contributed by atoms with Crippen molar-refractivity contribution in [2.45, 2.75) is 44.2 Å². The Morgan fingerprint density at radius 2 is 1.69 bits per heavy atom. The van der Waals surface area contributed by atoms with E-state index < -0.39 is 11.5 Å². The Hall–Kier alpha value is -2.89. The predicted octanol–water partition coefficient (Wildman–Crippen LogP) is 3.18. The molecule has 0 saturated heterocycles. The van der Waals surface area contributed by atoms with Gasteiger partial charge in [-0.2, -0.15) is 0 Å². The van der Waals surface area contributed by atoms with Crippen LogP contribution in [0, 0.1) is 0 Å². The summed E-state index contributed by atoms with van der Waals surface area (Å²) in [7, 11) is 0. The normalized spacial score (nSPS) is 15.8.